The molecule has 0 bridgehead atoms. The Balaban J connectivity index is 1.28. The number of fused-ring (bicyclic) bond motifs is 2. The minimum Gasteiger partial charge on any atom is -0.491 e. The number of nitrogens with zero attached hydrogens (tertiary/aromatic N) is 6. The summed E-state index contributed by atoms with van der Waals surface area (Å²) in [5.41, 5.74) is 2.98. The van der Waals surface area contributed by atoms with Crippen molar-refractivity contribution in [2.45, 2.75) is 18.9 Å². The number of anilines is 2. The van der Waals surface area contributed by atoms with Gasteiger partial charge in [-0.05, 0) is 30.4 Å². The average molecular weight is 486 g/mol. The van der Waals surface area contributed by atoms with E-state index in [1.165, 1.54) is 0 Å². The highest BCUT2D eigenvalue weighted by Crippen LogP contribution is 2.35. The monoisotopic (exact) mass is 485 g/mol. The van der Waals surface area contributed by atoms with Crippen LogP contribution >= 0.6 is 0 Å². The van der Waals surface area contributed by atoms with Gasteiger partial charge in [-0.1, -0.05) is 18.2 Å². The van der Waals surface area contributed by atoms with Crippen molar-refractivity contribution in [2.24, 2.45) is 0 Å². The van der Waals surface area contributed by atoms with Crippen molar-refractivity contribution in [2.75, 3.05) is 49.1 Å². The van der Waals surface area contributed by atoms with Gasteiger partial charge in [0, 0.05) is 49.4 Å². The third-order valence-corrected chi connectivity index (χ3v) is 7.22. The summed E-state index contributed by atoms with van der Waals surface area (Å²) >= 11 is 0. The first-order valence-electron chi connectivity index (χ1n) is 12.3. The molecule has 2 fully saturated rings. The highest BCUT2D eigenvalue weighted by atomic mass is 16.5. The number of imidazole rings is 1. The molecule has 2 aliphatic rings. The predicted molar refractivity (Wildman–Crippen MR) is 137 cm³/mol. The molecule has 184 valence electrons. The molecule has 1 amide bonds. The number of benzene rings is 2. The molecule has 4 aromatic rings. The molecule has 1 atom stereocenters. The zero-order valence-corrected chi connectivity index (χ0v) is 19.8. The highest BCUT2D eigenvalue weighted by Gasteiger charge is 2.29. The van der Waals surface area contributed by atoms with Gasteiger partial charge in [-0.25, -0.2) is 15.0 Å². The molecule has 4 heterocycles. The summed E-state index contributed by atoms with van der Waals surface area (Å²) in [6, 6.07) is 10.1. The van der Waals surface area contributed by atoms with Gasteiger partial charge in [-0.15, -0.1) is 0 Å². The fourth-order valence-electron chi connectivity index (χ4n) is 5.38. The number of nitrogens with one attached hydrogen (secondary N) is 1. The summed E-state index contributed by atoms with van der Waals surface area (Å²) in [7, 11) is 0. The van der Waals surface area contributed by atoms with Crippen LogP contribution in [0.25, 0.3) is 21.9 Å². The molecule has 0 unspecified atom stereocenters. The van der Waals surface area contributed by atoms with E-state index in [9.17, 15) is 9.59 Å². The highest BCUT2D eigenvalue weighted by molar-refractivity contribution is 6.06. The molecule has 2 aliphatic heterocycles. The lowest BCUT2D eigenvalue weighted by Gasteiger charge is -2.35. The molecule has 0 spiro atoms. The van der Waals surface area contributed by atoms with Crippen molar-refractivity contribution in [3.05, 3.63) is 48.5 Å². The van der Waals surface area contributed by atoms with Crippen LogP contribution in [0.2, 0.25) is 0 Å². The molecule has 0 saturated carbocycles. The van der Waals surface area contributed by atoms with E-state index in [2.05, 4.69) is 29.7 Å². The Morgan fingerprint density at radius 2 is 1.92 bits per heavy atom. The lowest BCUT2D eigenvalue weighted by molar-refractivity contribution is -0.118. The number of aldehydes is 1. The molecule has 0 radical (unpaired) electrons. The van der Waals surface area contributed by atoms with E-state index in [1.54, 1.807) is 17.6 Å². The molecule has 1 N–H and O–H groups in total. The van der Waals surface area contributed by atoms with E-state index < -0.39 is 0 Å². The summed E-state index contributed by atoms with van der Waals surface area (Å²) in [6.07, 6.45) is 7.02. The minimum atomic E-state index is 0.134. The second-order valence-electron chi connectivity index (χ2n) is 9.20. The van der Waals surface area contributed by atoms with E-state index in [0.717, 1.165) is 65.5 Å². The minimum absolute atomic E-state index is 0.134. The van der Waals surface area contributed by atoms with Crippen LogP contribution in [-0.4, -0.2) is 82.9 Å². The summed E-state index contributed by atoms with van der Waals surface area (Å²) < 4.78 is 6.42. The van der Waals surface area contributed by atoms with Crippen LogP contribution in [0.15, 0.2) is 43.0 Å². The molecule has 2 aromatic carbocycles. The van der Waals surface area contributed by atoms with Crippen LogP contribution < -0.4 is 14.5 Å². The summed E-state index contributed by atoms with van der Waals surface area (Å²) in [6.45, 7) is 4.00. The number of amides is 1. The van der Waals surface area contributed by atoms with Crippen molar-refractivity contribution in [1.82, 2.24) is 24.8 Å². The molecule has 2 aromatic heterocycles. The maximum absolute atomic E-state index is 12.4. The number of hydrogen-bond donors (Lipinski definition) is 1. The Labute approximate surface area is 207 Å². The van der Waals surface area contributed by atoms with Crippen molar-refractivity contribution >= 4 is 46.1 Å². The number of rotatable bonds is 7. The Morgan fingerprint density at radius 3 is 2.75 bits per heavy atom. The van der Waals surface area contributed by atoms with E-state index in [-0.39, 0.29) is 6.04 Å². The smallest absolute Gasteiger partial charge is 0.209 e. The number of carbonyl (C=O) groups is 2. The second-order valence-corrected chi connectivity index (χ2v) is 9.20. The number of hydrogen-bond acceptors (Lipinski definition) is 8. The summed E-state index contributed by atoms with van der Waals surface area (Å²) in [5, 5.41) is 1.78. The summed E-state index contributed by atoms with van der Waals surface area (Å²) in [5.74, 6) is 1.51. The van der Waals surface area contributed by atoms with Gasteiger partial charge in [0.25, 0.3) is 0 Å². The van der Waals surface area contributed by atoms with Gasteiger partial charge in [-0.2, -0.15) is 0 Å². The van der Waals surface area contributed by atoms with Crippen molar-refractivity contribution in [3.63, 3.8) is 0 Å². The normalized spacial score (nSPS) is 18.2. The average Bonchev–Trinajstić information content (AvgIpc) is 3.61. The Kier molecular flexibility index (Phi) is 5.84. The maximum atomic E-state index is 12.4. The van der Waals surface area contributed by atoms with Gasteiger partial charge in [0.05, 0.1) is 12.4 Å². The van der Waals surface area contributed by atoms with E-state index in [1.807, 2.05) is 30.3 Å². The number of aromatic amines is 1. The zero-order chi connectivity index (χ0) is 24.5. The zero-order valence-electron chi connectivity index (χ0n) is 19.8. The van der Waals surface area contributed by atoms with Crippen LogP contribution in [-0.2, 0) is 4.79 Å². The lowest BCUT2D eigenvalue weighted by Crippen LogP contribution is -2.46. The largest absolute Gasteiger partial charge is 0.491 e. The fraction of sp³-hybridized carbons (Fsp3) is 0.346. The fourth-order valence-corrected chi connectivity index (χ4v) is 5.38. The molecule has 36 heavy (non-hydrogen) atoms. The Hall–Kier alpha value is -4.21. The van der Waals surface area contributed by atoms with Crippen molar-refractivity contribution in [3.8, 4) is 5.75 Å². The van der Waals surface area contributed by atoms with Crippen molar-refractivity contribution < 1.29 is 14.3 Å². The topological polar surface area (TPSA) is 108 Å². The third-order valence-electron chi connectivity index (χ3n) is 7.22. The standard InChI is InChI=1S/C26H27N7O3/c34-13-20-21(32-11-9-31(17-35)10-12-32)7-6-18-3-1-5-22(23(18)20)36-14-19-4-2-8-33(19)26-24-25(28-15-27-24)29-16-30-26/h1,3,5-7,13,15-17,19H,2,4,8-12,14H2,(H,27,28,29,30)/t19-/m1/s1. The van der Waals surface area contributed by atoms with E-state index in [0.29, 0.717) is 44.1 Å². The summed E-state index contributed by atoms with van der Waals surface area (Å²) in [4.78, 5) is 45.9. The predicted octanol–water partition coefficient (Wildman–Crippen LogP) is 2.64. The first-order valence-corrected chi connectivity index (χ1v) is 12.3. The first kappa shape index (κ1) is 22.3. The molecular weight excluding hydrogens is 458 g/mol. The molecule has 0 aliphatic carbocycles. The molecule has 6 rings (SSSR count). The first-order chi connectivity index (χ1) is 17.8. The number of aromatic nitrogens is 4. The van der Waals surface area contributed by atoms with Crippen LogP contribution in [0.5, 0.6) is 5.75 Å². The maximum Gasteiger partial charge on any atom is 0.209 e. The van der Waals surface area contributed by atoms with Crippen molar-refractivity contribution in [1.29, 1.82) is 0 Å². The Morgan fingerprint density at radius 1 is 1.03 bits per heavy atom. The molecule has 2 saturated heterocycles. The lowest BCUT2D eigenvalue weighted by atomic mass is 10.0. The number of H-pyrrole nitrogens is 1. The molecule has 10 nitrogen and oxygen atoms in total. The number of ether oxygens (including phenoxy) is 1. The number of piperazine rings is 1. The second kappa shape index (κ2) is 9.44. The van der Waals surface area contributed by atoms with Gasteiger partial charge in [0.1, 0.15) is 24.2 Å². The molecule has 10 heteroatoms. The van der Waals surface area contributed by atoms with Gasteiger partial charge < -0.3 is 24.4 Å². The van der Waals surface area contributed by atoms with E-state index in [4.69, 9.17) is 4.74 Å². The van der Waals surface area contributed by atoms with Crippen LogP contribution in [0.4, 0.5) is 11.5 Å². The van der Waals surface area contributed by atoms with E-state index >= 15 is 0 Å². The van der Waals surface area contributed by atoms with Crippen LogP contribution in [0.1, 0.15) is 23.2 Å². The van der Waals surface area contributed by atoms with Gasteiger partial charge in [-0.3, -0.25) is 9.59 Å². The molecular formula is C26H27N7O3. The SMILES string of the molecule is O=Cc1c(N2CCN(C=O)CC2)ccc2cccc(OC[C@H]3CCCN3c3ncnc4[nH]cnc34)c12. The number of carbonyl (C=O) groups excluding carboxylic acids is 2. The van der Waals surface area contributed by atoms with Gasteiger partial charge in [0.2, 0.25) is 6.41 Å². The van der Waals surface area contributed by atoms with Crippen LogP contribution in [0, 0.1) is 0 Å². The van der Waals surface area contributed by atoms with Gasteiger partial charge >= 0.3 is 0 Å². The van der Waals surface area contributed by atoms with Crippen LogP contribution in [0.3, 0.4) is 0 Å². The van der Waals surface area contributed by atoms with Gasteiger partial charge in [0.15, 0.2) is 17.8 Å². The Bertz CT molecular complexity index is 1410. The quantitative estimate of drug-likeness (QED) is 0.398. The third kappa shape index (κ3) is 3.88.